The molecule has 0 radical (unpaired) electrons. The van der Waals surface area contributed by atoms with E-state index < -0.39 is 0 Å². The highest BCUT2D eigenvalue weighted by Gasteiger charge is 2.23. The second-order valence-electron chi connectivity index (χ2n) is 7.02. The maximum atomic E-state index is 12.9. The van der Waals surface area contributed by atoms with Crippen LogP contribution in [0.4, 0.5) is 5.69 Å². The molecule has 146 valence electrons. The molecular weight excluding hydrogens is 380 g/mol. The molecule has 1 aliphatic rings. The Morgan fingerprint density at radius 3 is 2.86 bits per heavy atom. The van der Waals surface area contributed by atoms with Crippen LogP contribution in [0, 0.1) is 6.92 Å². The van der Waals surface area contributed by atoms with Crippen LogP contribution in [-0.4, -0.2) is 37.8 Å². The summed E-state index contributed by atoms with van der Waals surface area (Å²) in [5.41, 5.74) is 2.24. The Kier molecular flexibility index (Phi) is 5.19. The smallest absolute Gasteiger partial charge is 0.261 e. The summed E-state index contributed by atoms with van der Waals surface area (Å²) in [6.07, 6.45) is 5.87. The van der Waals surface area contributed by atoms with Gasteiger partial charge < -0.3 is 15.2 Å². The molecule has 2 aromatic heterocycles. The van der Waals surface area contributed by atoms with Crippen LogP contribution in [0.1, 0.15) is 41.7 Å². The molecule has 0 atom stereocenters. The lowest BCUT2D eigenvalue weighted by atomic mass is 9.95. The average molecular weight is 401 g/mol. The summed E-state index contributed by atoms with van der Waals surface area (Å²) >= 11 is 6.13. The van der Waals surface area contributed by atoms with Crippen molar-refractivity contribution >= 4 is 28.8 Å². The molecule has 0 aliphatic heterocycles. The number of aryl methyl sites for hydroxylation is 1. The topological polar surface area (TPSA) is 88.8 Å². The van der Waals surface area contributed by atoms with Gasteiger partial charge >= 0.3 is 0 Å². The molecule has 28 heavy (non-hydrogen) atoms. The number of amides is 1. The van der Waals surface area contributed by atoms with Crippen molar-refractivity contribution < 1.29 is 14.6 Å². The SMILES string of the molecule is Cc1ccnc2c(C(=O)Nc3cc(Cl)ccc3OC3CCC(O)CC3)cnn12. The number of anilines is 1. The summed E-state index contributed by atoms with van der Waals surface area (Å²) in [4.78, 5) is 17.1. The fourth-order valence-corrected chi connectivity index (χ4v) is 3.58. The van der Waals surface area contributed by atoms with Crippen LogP contribution in [0.15, 0.2) is 36.7 Å². The maximum absolute atomic E-state index is 12.9. The van der Waals surface area contributed by atoms with Crippen molar-refractivity contribution in [2.75, 3.05) is 5.32 Å². The van der Waals surface area contributed by atoms with Gasteiger partial charge in [-0.3, -0.25) is 4.79 Å². The molecule has 0 saturated heterocycles. The zero-order valence-electron chi connectivity index (χ0n) is 15.4. The van der Waals surface area contributed by atoms with Gasteiger partial charge in [0.25, 0.3) is 5.91 Å². The molecule has 3 aromatic rings. The fraction of sp³-hybridized carbons (Fsp3) is 0.350. The number of aliphatic hydroxyl groups is 1. The van der Waals surface area contributed by atoms with E-state index in [1.54, 1.807) is 28.9 Å². The molecule has 1 saturated carbocycles. The first kappa shape index (κ1) is 18.7. The van der Waals surface area contributed by atoms with Gasteiger partial charge in [-0.2, -0.15) is 5.10 Å². The highest BCUT2D eigenvalue weighted by atomic mass is 35.5. The Hall–Kier alpha value is -2.64. The van der Waals surface area contributed by atoms with Gasteiger partial charge in [-0.25, -0.2) is 9.50 Å². The molecule has 1 fully saturated rings. The average Bonchev–Trinajstić information content (AvgIpc) is 3.11. The summed E-state index contributed by atoms with van der Waals surface area (Å²) in [6, 6.07) is 6.97. The standard InChI is InChI=1S/C20H21ClN4O3/c1-12-8-9-22-19-16(11-23-25(12)19)20(27)24-17-10-13(21)2-7-18(17)28-15-5-3-14(26)4-6-15/h2,7-11,14-15,26H,3-6H2,1H3,(H,24,27). The number of halogens is 1. The number of carbonyl (C=O) groups is 1. The highest BCUT2D eigenvalue weighted by Crippen LogP contribution is 2.32. The minimum Gasteiger partial charge on any atom is -0.488 e. The number of ether oxygens (including phenoxy) is 1. The number of aliphatic hydroxyl groups excluding tert-OH is 1. The normalized spacial score (nSPS) is 19.5. The highest BCUT2D eigenvalue weighted by molar-refractivity contribution is 6.31. The maximum Gasteiger partial charge on any atom is 0.261 e. The van der Waals surface area contributed by atoms with Gasteiger partial charge in [0.05, 0.1) is 24.1 Å². The first-order chi connectivity index (χ1) is 13.5. The van der Waals surface area contributed by atoms with E-state index in [4.69, 9.17) is 16.3 Å². The van der Waals surface area contributed by atoms with Gasteiger partial charge in [0.1, 0.15) is 11.3 Å². The summed E-state index contributed by atoms with van der Waals surface area (Å²) in [5.74, 6) is 0.221. The van der Waals surface area contributed by atoms with Crippen LogP contribution < -0.4 is 10.1 Å². The largest absolute Gasteiger partial charge is 0.488 e. The van der Waals surface area contributed by atoms with Crippen molar-refractivity contribution in [3.8, 4) is 5.75 Å². The van der Waals surface area contributed by atoms with Crippen LogP contribution in [0.25, 0.3) is 5.65 Å². The Bertz CT molecular complexity index is 1010. The molecule has 2 heterocycles. The van der Waals surface area contributed by atoms with Crippen LogP contribution in [-0.2, 0) is 0 Å². The summed E-state index contributed by atoms with van der Waals surface area (Å²) in [5, 5.41) is 17.3. The number of nitrogens with one attached hydrogen (secondary N) is 1. The Balaban J connectivity index is 1.57. The minimum absolute atomic E-state index is 0.00141. The molecule has 1 aromatic carbocycles. The number of rotatable bonds is 4. The van der Waals surface area contributed by atoms with E-state index in [-0.39, 0.29) is 18.1 Å². The molecule has 7 nitrogen and oxygen atoms in total. The van der Waals surface area contributed by atoms with E-state index in [1.807, 2.05) is 13.0 Å². The van der Waals surface area contributed by atoms with Crippen molar-refractivity contribution in [2.45, 2.75) is 44.8 Å². The van der Waals surface area contributed by atoms with Crippen LogP contribution in [0.3, 0.4) is 0 Å². The Morgan fingerprint density at radius 1 is 1.29 bits per heavy atom. The molecular formula is C20H21ClN4O3. The van der Waals surface area contributed by atoms with Crippen molar-refractivity contribution in [3.63, 3.8) is 0 Å². The number of hydrogen-bond acceptors (Lipinski definition) is 5. The number of hydrogen-bond donors (Lipinski definition) is 2. The molecule has 1 aliphatic carbocycles. The summed E-state index contributed by atoms with van der Waals surface area (Å²) in [7, 11) is 0. The second kappa shape index (κ2) is 7.77. The predicted octanol–water partition coefficient (Wildman–Crippen LogP) is 3.63. The molecule has 8 heteroatoms. The number of nitrogens with zero attached hydrogens (tertiary/aromatic N) is 3. The van der Waals surface area contributed by atoms with Gasteiger partial charge in [-0.05, 0) is 56.9 Å². The lowest BCUT2D eigenvalue weighted by molar-refractivity contribution is 0.0669. The monoisotopic (exact) mass is 400 g/mol. The number of carbonyl (C=O) groups excluding carboxylic acids is 1. The van der Waals surface area contributed by atoms with Gasteiger partial charge in [0.15, 0.2) is 5.65 Å². The van der Waals surface area contributed by atoms with E-state index in [0.29, 0.717) is 40.5 Å². The number of fused-ring (bicyclic) bond motifs is 1. The molecule has 0 spiro atoms. The van der Waals surface area contributed by atoms with Crippen LogP contribution >= 0.6 is 11.6 Å². The van der Waals surface area contributed by atoms with Gasteiger partial charge in [0.2, 0.25) is 0 Å². The molecule has 1 amide bonds. The summed E-state index contributed by atoms with van der Waals surface area (Å²) < 4.78 is 7.72. The molecule has 4 rings (SSSR count). The van der Waals surface area contributed by atoms with E-state index >= 15 is 0 Å². The Morgan fingerprint density at radius 2 is 2.07 bits per heavy atom. The van der Waals surface area contributed by atoms with E-state index in [9.17, 15) is 9.90 Å². The van der Waals surface area contributed by atoms with Gasteiger partial charge in [-0.15, -0.1) is 0 Å². The Labute approximate surface area is 167 Å². The fourth-order valence-electron chi connectivity index (χ4n) is 3.41. The van der Waals surface area contributed by atoms with Gasteiger partial charge in [-0.1, -0.05) is 11.6 Å². The number of aromatic nitrogens is 3. The predicted molar refractivity (Wildman–Crippen MR) is 106 cm³/mol. The lowest BCUT2D eigenvalue weighted by Crippen LogP contribution is -2.27. The van der Waals surface area contributed by atoms with E-state index in [2.05, 4.69) is 15.4 Å². The van der Waals surface area contributed by atoms with E-state index in [1.165, 1.54) is 6.20 Å². The second-order valence-corrected chi connectivity index (χ2v) is 7.46. The van der Waals surface area contributed by atoms with Crippen molar-refractivity contribution in [2.24, 2.45) is 0 Å². The van der Waals surface area contributed by atoms with Crippen molar-refractivity contribution in [1.29, 1.82) is 0 Å². The first-order valence-corrected chi connectivity index (χ1v) is 9.64. The quantitative estimate of drug-likeness (QED) is 0.698. The molecule has 2 N–H and O–H groups in total. The third kappa shape index (κ3) is 3.81. The molecule has 0 unspecified atom stereocenters. The zero-order chi connectivity index (χ0) is 19.7. The van der Waals surface area contributed by atoms with Crippen molar-refractivity contribution in [3.05, 3.63) is 52.9 Å². The van der Waals surface area contributed by atoms with Crippen LogP contribution in [0.5, 0.6) is 5.75 Å². The summed E-state index contributed by atoms with van der Waals surface area (Å²) in [6.45, 7) is 1.90. The third-order valence-corrected chi connectivity index (χ3v) is 5.20. The zero-order valence-corrected chi connectivity index (χ0v) is 16.2. The van der Waals surface area contributed by atoms with Gasteiger partial charge in [0, 0.05) is 16.9 Å². The number of benzene rings is 1. The van der Waals surface area contributed by atoms with E-state index in [0.717, 1.165) is 18.5 Å². The molecule has 0 bridgehead atoms. The van der Waals surface area contributed by atoms with Crippen molar-refractivity contribution in [1.82, 2.24) is 14.6 Å². The first-order valence-electron chi connectivity index (χ1n) is 9.26. The minimum atomic E-state index is -0.334. The third-order valence-electron chi connectivity index (χ3n) is 4.96. The lowest BCUT2D eigenvalue weighted by Gasteiger charge is -2.27. The van der Waals surface area contributed by atoms with Crippen LogP contribution in [0.2, 0.25) is 5.02 Å².